The quantitative estimate of drug-likeness (QED) is 0.0865. The predicted molar refractivity (Wildman–Crippen MR) is 170 cm³/mol. The molecular formula is C32H22N4O7S2. The van der Waals surface area contributed by atoms with Crippen molar-refractivity contribution in [3.8, 4) is 11.3 Å². The Balaban J connectivity index is 1.35. The van der Waals surface area contributed by atoms with Crippen LogP contribution in [0.2, 0.25) is 0 Å². The number of aromatic carboxylic acids is 2. The summed E-state index contributed by atoms with van der Waals surface area (Å²) >= 11 is 7.25. The van der Waals surface area contributed by atoms with E-state index in [0.717, 1.165) is 27.2 Å². The largest absolute Gasteiger partial charge is 0.478 e. The minimum atomic E-state index is -1.26. The number of anilines is 1. The van der Waals surface area contributed by atoms with Crippen molar-refractivity contribution >= 4 is 52.4 Å². The molecule has 2 aromatic heterocycles. The van der Waals surface area contributed by atoms with E-state index in [0.29, 0.717) is 22.2 Å². The number of carbonyl (C=O) groups is 2. The number of hydrogen-bond donors (Lipinski definition) is 3. The third-order valence-electron chi connectivity index (χ3n) is 7.13. The molecule has 1 aliphatic heterocycles. The summed E-state index contributed by atoms with van der Waals surface area (Å²) in [6, 6.07) is 25.9. The minimum Gasteiger partial charge on any atom is -0.478 e. The van der Waals surface area contributed by atoms with Crippen LogP contribution in [0.4, 0.5) is 11.4 Å². The predicted octanol–water partition coefficient (Wildman–Crippen LogP) is 6.97. The maximum Gasteiger partial charge on any atom is 0.335 e. The molecule has 224 valence electrons. The normalized spacial score (nSPS) is 15.9. The highest BCUT2D eigenvalue weighted by Crippen LogP contribution is 2.43. The van der Waals surface area contributed by atoms with Crippen molar-refractivity contribution in [1.29, 1.82) is 0 Å². The second-order valence-electron chi connectivity index (χ2n) is 9.95. The van der Waals surface area contributed by atoms with Crippen LogP contribution >= 0.6 is 24.0 Å². The van der Waals surface area contributed by atoms with Gasteiger partial charge in [-0.05, 0) is 91.1 Å². The van der Waals surface area contributed by atoms with Crippen molar-refractivity contribution in [2.24, 2.45) is 0 Å². The van der Waals surface area contributed by atoms with E-state index in [9.17, 15) is 29.9 Å². The summed E-state index contributed by atoms with van der Waals surface area (Å²) in [7, 11) is 0. The highest BCUT2D eigenvalue weighted by molar-refractivity contribution is 7.99. The number of aromatic nitrogens is 1. The van der Waals surface area contributed by atoms with Crippen LogP contribution in [-0.2, 0) is 0 Å². The van der Waals surface area contributed by atoms with Crippen LogP contribution in [-0.4, -0.2) is 37.2 Å². The lowest BCUT2D eigenvalue weighted by molar-refractivity contribution is -0.384. The van der Waals surface area contributed by atoms with Crippen molar-refractivity contribution in [2.75, 3.05) is 4.90 Å². The molecule has 0 aliphatic carbocycles. The van der Waals surface area contributed by atoms with Gasteiger partial charge in [-0.1, -0.05) is 17.8 Å². The van der Waals surface area contributed by atoms with Crippen LogP contribution < -0.4 is 10.2 Å². The zero-order chi connectivity index (χ0) is 31.7. The van der Waals surface area contributed by atoms with Gasteiger partial charge in [-0.15, -0.1) is 0 Å². The monoisotopic (exact) mass is 638 g/mol. The smallest absolute Gasteiger partial charge is 0.335 e. The summed E-state index contributed by atoms with van der Waals surface area (Å²) in [5.41, 5.74) is 1.47. The summed E-state index contributed by atoms with van der Waals surface area (Å²) < 4.78 is 6.30. The molecule has 1 aliphatic rings. The molecular weight excluding hydrogens is 617 g/mol. The molecule has 5 aromatic rings. The maximum atomic E-state index is 11.7. The number of nitro benzene ring substituents is 1. The van der Waals surface area contributed by atoms with Gasteiger partial charge in [-0.2, -0.15) is 0 Å². The van der Waals surface area contributed by atoms with Gasteiger partial charge in [0.15, 0.2) is 5.11 Å². The molecule has 3 aromatic carbocycles. The van der Waals surface area contributed by atoms with Crippen LogP contribution in [0.1, 0.15) is 44.3 Å². The van der Waals surface area contributed by atoms with Gasteiger partial charge in [0.25, 0.3) is 5.69 Å². The fraction of sp³-hybridized carbons (Fsp3) is 0.0625. The Morgan fingerprint density at radius 3 is 2.13 bits per heavy atom. The van der Waals surface area contributed by atoms with Crippen LogP contribution in [0, 0.1) is 10.1 Å². The SMILES string of the molecule is O=C(O)c1cc(C(=O)O)cc(-c2ccc([C@@H]3[C@H](c4ccccn4)NC(=S)N3c3ccc(Sc4ccc([N+](=O)[O-])cc4)cc3)o2)c1. The Bertz CT molecular complexity index is 1900. The molecule has 1 fully saturated rings. The molecule has 0 unspecified atom stereocenters. The van der Waals surface area contributed by atoms with Gasteiger partial charge in [0.1, 0.15) is 17.6 Å². The summed E-state index contributed by atoms with van der Waals surface area (Å²) in [6.07, 6.45) is 1.68. The van der Waals surface area contributed by atoms with Gasteiger partial charge in [-0.25, -0.2) is 9.59 Å². The van der Waals surface area contributed by atoms with E-state index in [1.54, 1.807) is 30.5 Å². The average molecular weight is 639 g/mol. The molecule has 0 bridgehead atoms. The van der Waals surface area contributed by atoms with E-state index in [1.165, 1.54) is 36.0 Å². The van der Waals surface area contributed by atoms with Crippen LogP contribution in [0.25, 0.3) is 11.3 Å². The number of carboxylic acids is 2. The van der Waals surface area contributed by atoms with E-state index in [4.69, 9.17) is 16.6 Å². The number of furan rings is 1. The van der Waals surface area contributed by atoms with Crippen molar-refractivity contribution in [2.45, 2.75) is 21.9 Å². The second-order valence-corrected chi connectivity index (χ2v) is 11.5. The van der Waals surface area contributed by atoms with Crippen molar-refractivity contribution < 1.29 is 29.1 Å². The Morgan fingerprint density at radius 1 is 0.911 bits per heavy atom. The maximum absolute atomic E-state index is 11.7. The Labute approximate surface area is 265 Å². The van der Waals surface area contributed by atoms with Gasteiger partial charge in [0.05, 0.1) is 27.8 Å². The number of thiocarbonyl (C=S) groups is 1. The number of carboxylic acid groups (broad SMARTS) is 2. The molecule has 0 saturated carbocycles. The Morgan fingerprint density at radius 2 is 1.56 bits per heavy atom. The lowest BCUT2D eigenvalue weighted by atomic mass is 10.0. The molecule has 3 heterocycles. The third kappa shape index (κ3) is 6.12. The molecule has 2 atom stereocenters. The first kappa shape index (κ1) is 29.5. The average Bonchev–Trinajstić information content (AvgIpc) is 3.66. The van der Waals surface area contributed by atoms with Gasteiger partial charge >= 0.3 is 11.9 Å². The molecule has 13 heteroatoms. The van der Waals surface area contributed by atoms with Crippen LogP contribution in [0.3, 0.4) is 0 Å². The first-order valence-corrected chi connectivity index (χ1v) is 14.7. The molecule has 1 saturated heterocycles. The molecule has 0 spiro atoms. The fourth-order valence-electron chi connectivity index (χ4n) is 5.05. The number of benzene rings is 3. The zero-order valence-corrected chi connectivity index (χ0v) is 24.7. The Hall–Kier alpha value is -5.53. The number of pyridine rings is 1. The van der Waals surface area contributed by atoms with E-state index in [1.807, 2.05) is 47.4 Å². The number of non-ortho nitro benzene ring substituents is 1. The third-order valence-corrected chi connectivity index (χ3v) is 8.46. The number of rotatable bonds is 9. The number of nitrogens with one attached hydrogen (secondary N) is 1. The highest BCUT2D eigenvalue weighted by atomic mass is 32.2. The van der Waals surface area contributed by atoms with Gasteiger partial charge in [0, 0.05) is 39.4 Å². The van der Waals surface area contributed by atoms with Gasteiger partial charge < -0.3 is 24.8 Å². The number of nitrogens with zero attached hydrogens (tertiary/aromatic N) is 3. The van der Waals surface area contributed by atoms with Crippen molar-refractivity contribution in [3.05, 3.63) is 136 Å². The fourth-order valence-corrected chi connectivity index (χ4v) is 6.21. The molecule has 6 rings (SSSR count). The standard InChI is InChI=1S/C32H22N4O7S2/c37-30(38)19-15-18(16-20(17-19)31(39)40)26-12-13-27(43-26)29-28(25-3-1-2-14-33-25)34-32(44)35(29)21-4-8-23(9-5-21)45-24-10-6-22(7-11-24)36(41)42/h1-17,28-29H,(H,34,44)(H,37,38)(H,39,40)/t28-,29+/m0/s1. The van der Waals surface area contributed by atoms with E-state index in [2.05, 4.69) is 10.3 Å². The summed E-state index contributed by atoms with van der Waals surface area (Å²) in [6.45, 7) is 0. The number of hydrogen-bond acceptors (Lipinski definition) is 8. The second kappa shape index (κ2) is 12.2. The number of nitro groups is 1. The van der Waals surface area contributed by atoms with Crippen LogP contribution in [0.15, 0.2) is 117 Å². The molecule has 11 nitrogen and oxygen atoms in total. The summed E-state index contributed by atoms with van der Waals surface area (Å²) in [4.78, 5) is 42.1. The Kier molecular flexibility index (Phi) is 8.02. The minimum absolute atomic E-state index is 0.0243. The molecule has 45 heavy (non-hydrogen) atoms. The highest BCUT2D eigenvalue weighted by Gasteiger charge is 2.42. The first-order valence-electron chi connectivity index (χ1n) is 13.4. The molecule has 0 radical (unpaired) electrons. The molecule has 3 N–H and O–H groups in total. The lowest BCUT2D eigenvalue weighted by Crippen LogP contribution is -2.29. The summed E-state index contributed by atoms with van der Waals surface area (Å²) in [5, 5.41) is 33.8. The van der Waals surface area contributed by atoms with Crippen molar-refractivity contribution in [1.82, 2.24) is 10.3 Å². The zero-order valence-electron chi connectivity index (χ0n) is 23.1. The molecule has 0 amide bonds. The van der Waals surface area contributed by atoms with E-state index >= 15 is 0 Å². The van der Waals surface area contributed by atoms with Gasteiger partial charge in [0.2, 0.25) is 0 Å². The van der Waals surface area contributed by atoms with Gasteiger partial charge in [-0.3, -0.25) is 15.1 Å². The van der Waals surface area contributed by atoms with Crippen molar-refractivity contribution in [3.63, 3.8) is 0 Å². The summed E-state index contributed by atoms with van der Waals surface area (Å²) in [5.74, 6) is -1.72. The van der Waals surface area contributed by atoms with E-state index < -0.39 is 28.9 Å². The van der Waals surface area contributed by atoms with Crippen LogP contribution in [0.5, 0.6) is 0 Å². The lowest BCUT2D eigenvalue weighted by Gasteiger charge is -2.26. The topological polar surface area (TPSA) is 159 Å². The first-order chi connectivity index (χ1) is 21.7. The van der Waals surface area contributed by atoms with E-state index in [-0.39, 0.29) is 16.8 Å².